The lowest BCUT2D eigenvalue weighted by Gasteiger charge is -2.36. The van der Waals surface area contributed by atoms with Crippen molar-refractivity contribution >= 4 is 27.7 Å². The van der Waals surface area contributed by atoms with Gasteiger partial charge in [-0.1, -0.05) is 13.8 Å². The molecule has 0 saturated carbocycles. The van der Waals surface area contributed by atoms with Gasteiger partial charge in [-0.25, -0.2) is 5.26 Å². The summed E-state index contributed by atoms with van der Waals surface area (Å²) in [6, 6.07) is 0. The fraction of sp³-hybridized carbons (Fsp3) is 1.00. The van der Waals surface area contributed by atoms with Crippen LogP contribution in [-0.2, 0) is 13.5 Å². The first kappa shape index (κ1) is 22.7. The Bertz CT molecular complexity index is 210. The lowest BCUT2D eigenvalue weighted by molar-refractivity contribution is -0.434. The highest BCUT2D eigenvalue weighted by Gasteiger charge is 1.96. The molecule has 108 valence electrons. The van der Waals surface area contributed by atoms with Crippen LogP contribution in [0.15, 0.2) is 0 Å². The van der Waals surface area contributed by atoms with Crippen molar-refractivity contribution in [1.29, 1.82) is 0 Å². The topological polar surface area (TPSA) is 202 Å². The lowest BCUT2D eigenvalue weighted by atomic mass is 10.4. The van der Waals surface area contributed by atoms with Crippen molar-refractivity contribution in [2.45, 2.75) is 25.5 Å². The average Bonchev–Trinajstić information content (AvgIpc) is 1.98. The first-order chi connectivity index (χ1) is 7.31. The van der Waals surface area contributed by atoms with Gasteiger partial charge in [0.25, 0.3) is 0 Å². The Balaban J connectivity index is -0.000000177. The van der Waals surface area contributed by atoms with Crippen molar-refractivity contribution in [2.75, 3.05) is 0 Å². The molecule has 0 aliphatic heterocycles. The molecule has 0 fully saturated rings. The molecule has 0 aliphatic carbocycles. The molecule has 10 nitrogen and oxygen atoms in total. The third-order valence-electron chi connectivity index (χ3n) is 0.782. The van der Waals surface area contributed by atoms with E-state index in [2.05, 4.69) is 4.33 Å². The van der Waals surface area contributed by atoms with E-state index in [4.69, 9.17) is 43.7 Å². The second-order valence-electron chi connectivity index (χ2n) is 2.28. The number of hydrogen-bond donors (Lipinski definition) is 1. The van der Waals surface area contributed by atoms with E-state index < -0.39 is 15.6 Å². The molecule has 0 amide bonds. The highest BCUT2D eigenvalue weighted by molar-refractivity contribution is 7.95. The first-order valence-corrected chi connectivity index (χ1v) is 7.46. The van der Waals surface area contributed by atoms with Gasteiger partial charge >= 0.3 is 0 Å². The highest BCUT2D eigenvalue weighted by atomic mass is 32.2. The van der Waals surface area contributed by atoms with Crippen LogP contribution in [0.1, 0.15) is 20.3 Å². The van der Waals surface area contributed by atoms with Gasteiger partial charge in [0.15, 0.2) is 0 Å². The fourth-order valence-corrected chi connectivity index (χ4v) is 0.425. The normalized spacial score (nSPS) is 12.8. The van der Waals surface area contributed by atoms with Crippen LogP contribution in [0, 0.1) is 0 Å². The Morgan fingerprint density at radius 1 is 1.12 bits per heavy atom. The van der Waals surface area contributed by atoms with Crippen LogP contribution in [-0.4, -0.2) is 10.5 Å². The number of hydrogen-bond acceptors (Lipinski definition) is 11. The van der Waals surface area contributed by atoms with Crippen molar-refractivity contribution in [3.8, 4) is 0 Å². The summed E-state index contributed by atoms with van der Waals surface area (Å²) in [5.74, 6) is 0. The molecular formula is C4H10O10P2S-6. The van der Waals surface area contributed by atoms with Gasteiger partial charge < -0.3 is 38.5 Å². The van der Waals surface area contributed by atoms with Crippen LogP contribution in [0.2, 0.25) is 0 Å². The summed E-state index contributed by atoms with van der Waals surface area (Å²) >= 11 is 1.09. The summed E-state index contributed by atoms with van der Waals surface area (Å²) in [6.45, 7) is 4.03. The minimum Gasteiger partial charge on any atom is -0.822 e. The van der Waals surface area contributed by atoms with E-state index in [1.807, 2.05) is 13.8 Å². The van der Waals surface area contributed by atoms with Gasteiger partial charge in [0.1, 0.15) is 0 Å². The quantitative estimate of drug-likeness (QED) is 0.232. The van der Waals surface area contributed by atoms with E-state index in [1.54, 1.807) is 0 Å². The van der Waals surface area contributed by atoms with E-state index >= 15 is 0 Å². The molecule has 13 heteroatoms. The molecule has 0 radical (unpaired) electrons. The molecule has 0 aromatic heterocycles. The standard InChI is InChI=1S/C4H10O2S.2H3O4P/c1-3-4(2)7-6-5;2*1-5(2,3)4/h4-5H,3H2,1-2H3;2*(H3,1,2,3,4)/p-6. The van der Waals surface area contributed by atoms with E-state index in [0.29, 0.717) is 5.25 Å². The molecule has 0 saturated heterocycles. The zero-order chi connectivity index (χ0) is 14.7. The Morgan fingerprint density at radius 2 is 1.35 bits per heavy atom. The maximum atomic E-state index is 8.55. The molecular weight excluding hydrogens is 302 g/mol. The van der Waals surface area contributed by atoms with Crippen molar-refractivity contribution < 1.29 is 48.1 Å². The van der Waals surface area contributed by atoms with Crippen LogP contribution in [0.25, 0.3) is 0 Å². The number of phosphoric acid groups is 2. The summed E-state index contributed by atoms with van der Waals surface area (Å²) in [4.78, 5) is 51.3. The molecule has 0 aromatic carbocycles. The second kappa shape index (κ2) is 11.6. The smallest absolute Gasteiger partial charge is 0.0342 e. The molecule has 0 spiro atoms. The van der Waals surface area contributed by atoms with E-state index in [9.17, 15) is 0 Å². The lowest BCUT2D eigenvalue weighted by Crippen LogP contribution is -2.24. The maximum absolute atomic E-state index is 8.55. The van der Waals surface area contributed by atoms with Crippen LogP contribution >= 0.6 is 27.7 Å². The molecule has 1 atom stereocenters. The molecule has 0 bridgehead atoms. The Kier molecular flexibility index (Phi) is 15.4. The summed E-state index contributed by atoms with van der Waals surface area (Å²) in [5, 5.41) is 8.22. The predicted molar refractivity (Wildman–Crippen MR) is 46.3 cm³/mol. The predicted octanol–water partition coefficient (Wildman–Crippen LogP) is -3.73. The minimum absolute atomic E-state index is 0.394. The van der Waals surface area contributed by atoms with Gasteiger partial charge in [0.05, 0.1) is 0 Å². The van der Waals surface area contributed by atoms with Crippen LogP contribution in [0.4, 0.5) is 0 Å². The van der Waals surface area contributed by atoms with Gasteiger partial charge in [0, 0.05) is 17.3 Å². The SMILES string of the molecule is CCC(C)SOO.O=P([O-])([O-])[O-].O=P([O-])([O-])[O-]. The second-order valence-corrected chi connectivity index (χ2v) is 5.22. The van der Waals surface area contributed by atoms with Gasteiger partial charge in [-0.15, -0.1) is 0 Å². The monoisotopic (exact) mass is 312 g/mol. The van der Waals surface area contributed by atoms with Gasteiger partial charge in [0.2, 0.25) is 0 Å². The molecule has 0 heterocycles. The third-order valence-corrected chi connectivity index (χ3v) is 1.53. The molecule has 1 unspecified atom stereocenters. The molecule has 0 rings (SSSR count). The van der Waals surface area contributed by atoms with Crippen LogP contribution in [0.5, 0.6) is 0 Å². The van der Waals surface area contributed by atoms with Gasteiger partial charge in [-0.3, -0.25) is 0 Å². The zero-order valence-corrected chi connectivity index (χ0v) is 11.3. The number of rotatable bonds is 3. The Labute approximate surface area is 102 Å². The Morgan fingerprint density at radius 3 is 1.41 bits per heavy atom. The summed E-state index contributed by atoms with van der Waals surface area (Å²) in [6.07, 6.45) is 1.02. The first-order valence-electron chi connectivity index (χ1n) is 3.74. The maximum Gasteiger partial charge on any atom is 0.0342 e. The summed E-state index contributed by atoms with van der Waals surface area (Å²) in [7, 11) is -10.8. The largest absolute Gasteiger partial charge is 0.822 e. The van der Waals surface area contributed by atoms with Crippen LogP contribution < -0.4 is 29.4 Å². The third kappa shape index (κ3) is 115. The molecule has 0 aliphatic rings. The minimum atomic E-state index is -5.39. The van der Waals surface area contributed by atoms with Crippen molar-refractivity contribution in [3.63, 3.8) is 0 Å². The molecule has 0 aromatic rings. The van der Waals surface area contributed by atoms with E-state index in [-0.39, 0.29) is 0 Å². The van der Waals surface area contributed by atoms with Crippen molar-refractivity contribution in [2.24, 2.45) is 0 Å². The van der Waals surface area contributed by atoms with E-state index in [0.717, 1.165) is 18.5 Å². The fourth-order valence-electron chi connectivity index (χ4n) is 0.142. The highest BCUT2D eigenvalue weighted by Crippen LogP contribution is 2.11. The average molecular weight is 312 g/mol. The van der Waals surface area contributed by atoms with Gasteiger partial charge in [-0.05, 0) is 6.42 Å². The van der Waals surface area contributed by atoms with Gasteiger partial charge in [-0.2, -0.15) is 20.0 Å². The summed E-state index contributed by atoms with van der Waals surface area (Å²) in [5.41, 5.74) is 0. The zero-order valence-electron chi connectivity index (χ0n) is 8.71. The summed E-state index contributed by atoms with van der Waals surface area (Å²) < 4.78 is 20.9. The van der Waals surface area contributed by atoms with Crippen LogP contribution in [0.3, 0.4) is 0 Å². The molecule has 17 heavy (non-hydrogen) atoms. The molecule has 1 N–H and O–H groups in total. The van der Waals surface area contributed by atoms with E-state index in [1.165, 1.54) is 0 Å². The Hall–Kier alpha value is 0.490. The van der Waals surface area contributed by atoms with Crippen molar-refractivity contribution in [3.05, 3.63) is 0 Å². The van der Waals surface area contributed by atoms with Crippen molar-refractivity contribution in [1.82, 2.24) is 0 Å².